The van der Waals surface area contributed by atoms with Crippen LogP contribution in [0.2, 0.25) is 0 Å². The number of benzene rings is 1. The lowest BCUT2D eigenvalue weighted by molar-refractivity contribution is -0.270. The minimum atomic E-state index is -2.48. The van der Waals surface area contributed by atoms with Crippen molar-refractivity contribution in [3.63, 3.8) is 0 Å². The van der Waals surface area contributed by atoms with Gasteiger partial charge in [0.25, 0.3) is 0 Å². The van der Waals surface area contributed by atoms with Gasteiger partial charge in [-0.3, -0.25) is 0 Å². The van der Waals surface area contributed by atoms with Gasteiger partial charge in [-0.1, -0.05) is 12.1 Å². The van der Waals surface area contributed by atoms with E-state index in [2.05, 4.69) is 0 Å². The van der Waals surface area contributed by atoms with Crippen molar-refractivity contribution in [1.29, 1.82) is 0 Å². The van der Waals surface area contributed by atoms with E-state index < -0.39 is 30.3 Å². The molecule has 0 radical (unpaired) electrons. The van der Waals surface area contributed by atoms with Gasteiger partial charge in [0.2, 0.25) is 6.43 Å². The van der Waals surface area contributed by atoms with Crippen LogP contribution in [0.15, 0.2) is 24.3 Å². The number of carboxylic acid groups (broad SMARTS) is 1. The van der Waals surface area contributed by atoms with Gasteiger partial charge in [0.15, 0.2) is 0 Å². The highest BCUT2D eigenvalue weighted by Crippen LogP contribution is 2.36. The van der Waals surface area contributed by atoms with Gasteiger partial charge in [-0.05, 0) is 30.5 Å². The van der Waals surface area contributed by atoms with Crippen LogP contribution in [0.4, 0.5) is 18.0 Å². The maximum atomic E-state index is 12.9. The van der Waals surface area contributed by atoms with Crippen molar-refractivity contribution in [2.45, 2.75) is 25.3 Å². The molecule has 1 saturated heterocycles. The van der Waals surface area contributed by atoms with Crippen molar-refractivity contribution >= 4 is 6.09 Å². The van der Waals surface area contributed by atoms with Gasteiger partial charge < -0.3 is 14.8 Å². The first-order chi connectivity index (χ1) is 8.99. The Morgan fingerprint density at radius 1 is 1.32 bits per heavy atom. The Bertz CT molecular complexity index is 450. The maximum absolute atomic E-state index is 12.9. The molecule has 0 N–H and O–H groups in total. The zero-order valence-corrected chi connectivity index (χ0v) is 10.1. The summed E-state index contributed by atoms with van der Waals surface area (Å²) in [5, 5.41) is 11.0. The third-order valence-corrected chi connectivity index (χ3v) is 3.49. The largest absolute Gasteiger partial charge is 0.530 e. The lowest BCUT2D eigenvalue weighted by Gasteiger charge is -2.41. The molecule has 0 bridgehead atoms. The van der Waals surface area contributed by atoms with E-state index in [0.29, 0.717) is 5.56 Å². The van der Waals surface area contributed by atoms with Crippen LogP contribution in [0.25, 0.3) is 0 Å². The predicted octanol–water partition coefficient (Wildman–Crippen LogP) is 2.19. The van der Waals surface area contributed by atoms with Crippen LogP contribution in [0.3, 0.4) is 0 Å². The van der Waals surface area contributed by atoms with Crippen LogP contribution < -0.4 is 5.11 Å². The number of halogens is 3. The fourth-order valence-corrected chi connectivity index (χ4v) is 2.44. The quantitative estimate of drug-likeness (QED) is 0.828. The SMILES string of the molecule is O=C([O-])N1CCC(C(F)F)CC1c1ccc(F)cc1. The molecule has 2 rings (SSSR count). The molecular formula is C13H13F3NO2-. The molecule has 3 nitrogen and oxygen atoms in total. The summed E-state index contributed by atoms with van der Waals surface area (Å²) in [5.74, 6) is -1.30. The minimum Gasteiger partial charge on any atom is -0.530 e. The van der Waals surface area contributed by atoms with E-state index in [1.165, 1.54) is 24.3 Å². The fourth-order valence-electron chi connectivity index (χ4n) is 2.44. The number of carbonyl (C=O) groups excluding carboxylic acids is 1. The summed E-state index contributed by atoms with van der Waals surface area (Å²) in [6.07, 6.45) is -3.73. The number of hydrogen-bond donors (Lipinski definition) is 0. The predicted molar refractivity (Wildman–Crippen MR) is 60.0 cm³/mol. The Hall–Kier alpha value is -1.72. The first kappa shape index (κ1) is 13.7. The molecule has 1 fully saturated rings. The van der Waals surface area contributed by atoms with E-state index in [1.807, 2.05) is 0 Å². The highest BCUT2D eigenvalue weighted by atomic mass is 19.3. The summed E-state index contributed by atoms with van der Waals surface area (Å²) in [5.41, 5.74) is 0.510. The summed E-state index contributed by atoms with van der Waals surface area (Å²) in [4.78, 5) is 12.1. The van der Waals surface area contributed by atoms with Gasteiger partial charge in [-0.2, -0.15) is 0 Å². The van der Waals surface area contributed by atoms with E-state index in [4.69, 9.17) is 0 Å². The van der Waals surface area contributed by atoms with Crippen LogP contribution in [-0.4, -0.2) is 24.0 Å². The second-order valence-corrected chi connectivity index (χ2v) is 4.65. The van der Waals surface area contributed by atoms with E-state index >= 15 is 0 Å². The zero-order chi connectivity index (χ0) is 14.0. The molecule has 2 unspecified atom stereocenters. The summed E-state index contributed by atoms with van der Waals surface area (Å²) < 4.78 is 38.4. The molecule has 1 amide bonds. The molecule has 6 heteroatoms. The number of piperidine rings is 1. The van der Waals surface area contributed by atoms with Crippen molar-refractivity contribution in [1.82, 2.24) is 4.90 Å². The average Bonchev–Trinajstić information content (AvgIpc) is 2.38. The summed E-state index contributed by atoms with van der Waals surface area (Å²) in [7, 11) is 0. The monoisotopic (exact) mass is 272 g/mol. The highest BCUT2D eigenvalue weighted by Gasteiger charge is 2.33. The Kier molecular flexibility index (Phi) is 3.97. The van der Waals surface area contributed by atoms with Gasteiger partial charge in [0.1, 0.15) is 11.9 Å². The van der Waals surface area contributed by atoms with E-state index in [-0.39, 0.29) is 19.4 Å². The van der Waals surface area contributed by atoms with Crippen molar-refractivity contribution < 1.29 is 23.1 Å². The van der Waals surface area contributed by atoms with Crippen molar-refractivity contribution in [2.75, 3.05) is 6.54 Å². The molecule has 1 aliphatic rings. The third kappa shape index (κ3) is 3.00. The van der Waals surface area contributed by atoms with Crippen LogP contribution in [0.5, 0.6) is 0 Å². The van der Waals surface area contributed by atoms with Crippen LogP contribution >= 0.6 is 0 Å². The molecule has 1 heterocycles. The lowest BCUT2D eigenvalue weighted by Crippen LogP contribution is -2.48. The number of likely N-dealkylation sites (tertiary alicyclic amines) is 1. The molecule has 1 aromatic carbocycles. The minimum absolute atomic E-state index is 0.0133. The van der Waals surface area contributed by atoms with Crippen molar-refractivity contribution in [2.24, 2.45) is 5.92 Å². The molecule has 2 atom stereocenters. The molecule has 1 aromatic rings. The number of alkyl halides is 2. The van der Waals surface area contributed by atoms with Gasteiger partial charge in [-0.15, -0.1) is 0 Å². The Morgan fingerprint density at radius 2 is 1.95 bits per heavy atom. The molecular weight excluding hydrogens is 259 g/mol. The van der Waals surface area contributed by atoms with Gasteiger partial charge >= 0.3 is 0 Å². The second-order valence-electron chi connectivity index (χ2n) is 4.65. The topological polar surface area (TPSA) is 43.4 Å². The maximum Gasteiger partial charge on any atom is 0.241 e. The van der Waals surface area contributed by atoms with Crippen molar-refractivity contribution in [3.8, 4) is 0 Å². The third-order valence-electron chi connectivity index (χ3n) is 3.49. The van der Waals surface area contributed by atoms with Gasteiger partial charge in [0, 0.05) is 12.5 Å². The Labute approximate surface area is 108 Å². The first-order valence-corrected chi connectivity index (χ1v) is 6.00. The lowest BCUT2D eigenvalue weighted by atomic mass is 9.87. The number of carbonyl (C=O) groups is 1. The molecule has 1 aliphatic heterocycles. The fraction of sp³-hybridized carbons (Fsp3) is 0.462. The van der Waals surface area contributed by atoms with E-state index in [0.717, 1.165) is 4.90 Å². The Balaban J connectivity index is 2.25. The summed E-state index contributed by atoms with van der Waals surface area (Å²) in [6, 6.07) is 4.52. The molecule has 0 spiro atoms. The molecule has 104 valence electrons. The summed E-state index contributed by atoms with van der Waals surface area (Å²) in [6.45, 7) is 0.0133. The number of amides is 1. The number of nitrogens with zero attached hydrogens (tertiary/aromatic N) is 1. The van der Waals surface area contributed by atoms with Crippen LogP contribution in [-0.2, 0) is 0 Å². The zero-order valence-electron chi connectivity index (χ0n) is 10.1. The average molecular weight is 272 g/mol. The van der Waals surface area contributed by atoms with E-state index in [9.17, 15) is 23.1 Å². The molecule has 0 aliphatic carbocycles. The van der Waals surface area contributed by atoms with Gasteiger partial charge in [0.05, 0.1) is 6.04 Å². The van der Waals surface area contributed by atoms with Crippen molar-refractivity contribution in [3.05, 3.63) is 35.6 Å². The number of rotatable bonds is 2. The van der Waals surface area contributed by atoms with Crippen LogP contribution in [0.1, 0.15) is 24.4 Å². The van der Waals surface area contributed by atoms with Gasteiger partial charge in [-0.25, -0.2) is 13.2 Å². The molecule has 0 aromatic heterocycles. The first-order valence-electron chi connectivity index (χ1n) is 6.00. The smallest absolute Gasteiger partial charge is 0.241 e. The van der Waals surface area contributed by atoms with E-state index in [1.54, 1.807) is 0 Å². The molecule has 19 heavy (non-hydrogen) atoms. The second kappa shape index (κ2) is 5.50. The standard InChI is InChI=1S/C13H14F3NO2/c14-10-3-1-8(2-4-10)11-7-9(12(15)16)5-6-17(11)13(18)19/h1-4,9,11-12H,5-7H2,(H,18,19)/p-1. The number of hydrogen-bond acceptors (Lipinski definition) is 2. The highest BCUT2D eigenvalue weighted by molar-refractivity contribution is 5.63. The molecule has 0 saturated carbocycles. The Morgan fingerprint density at radius 3 is 2.47 bits per heavy atom. The normalized spacial score (nSPS) is 23.7. The van der Waals surface area contributed by atoms with Crippen LogP contribution in [0, 0.1) is 11.7 Å². The summed E-state index contributed by atoms with van der Waals surface area (Å²) >= 11 is 0.